The molecule has 0 heterocycles. The molecule has 0 fully saturated rings. The van der Waals surface area contributed by atoms with Crippen LogP contribution < -0.4 is 11.1 Å². The Morgan fingerprint density at radius 2 is 2.31 bits per heavy atom. The predicted octanol–water partition coefficient (Wildman–Crippen LogP) is -0.585. The van der Waals surface area contributed by atoms with Gasteiger partial charge >= 0.3 is 5.97 Å². The van der Waals surface area contributed by atoms with Crippen molar-refractivity contribution in [1.82, 2.24) is 5.32 Å². The summed E-state index contributed by atoms with van der Waals surface area (Å²) in [5.74, 6) is -0.946. The highest BCUT2D eigenvalue weighted by molar-refractivity contribution is 5.72. The van der Waals surface area contributed by atoms with Crippen molar-refractivity contribution in [2.45, 2.75) is 18.9 Å². The summed E-state index contributed by atoms with van der Waals surface area (Å²) in [5, 5.41) is 11.5. The van der Waals surface area contributed by atoms with Gasteiger partial charge in [-0.2, -0.15) is 0 Å². The van der Waals surface area contributed by atoms with Gasteiger partial charge in [-0.05, 0) is 25.9 Å². The summed E-state index contributed by atoms with van der Waals surface area (Å²) < 4.78 is 4.85. The standard InChI is InChI=1S/C8H18N2O3/c1-13-6-2-4-10-5-3-7(9)8(11)12/h7,10H,2-6,9H2,1H3,(H,11,12). The maximum absolute atomic E-state index is 10.3. The van der Waals surface area contributed by atoms with Crippen molar-refractivity contribution >= 4 is 5.97 Å². The second kappa shape index (κ2) is 7.97. The molecule has 78 valence electrons. The van der Waals surface area contributed by atoms with Gasteiger partial charge in [0.1, 0.15) is 6.04 Å². The molecular formula is C8H18N2O3. The molecule has 0 aliphatic heterocycles. The summed E-state index contributed by atoms with van der Waals surface area (Å²) in [6.07, 6.45) is 1.39. The van der Waals surface area contributed by atoms with Gasteiger partial charge in [-0.25, -0.2) is 0 Å². The van der Waals surface area contributed by atoms with Gasteiger partial charge in [0.2, 0.25) is 0 Å². The first-order chi connectivity index (χ1) is 6.18. The molecule has 0 bridgehead atoms. The Labute approximate surface area is 78.3 Å². The summed E-state index contributed by atoms with van der Waals surface area (Å²) >= 11 is 0. The van der Waals surface area contributed by atoms with Gasteiger partial charge in [0.05, 0.1) is 0 Å². The van der Waals surface area contributed by atoms with Crippen LogP contribution >= 0.6 is 0 Å². The predicted molar refractivity (Wildman–Crippen MR) is 49.6 cm³/mol. The van der Waals surface area contributed by atoms with Crippen molar-refractivity contribution in [3.8, 4) is 0 Å². The molecule has 0 aromatic rings. The van der Waals surface area contributed by atoms with E-state index in [4.69, 9.17) is 15.6 Å². The van der Waals surface area contributed by atoms with Crippen LogP contribution in [0.1, 0.15) is 12.8 Å². The van der Waals surface area contributed by atoms with Crippen LogP contribution in [0.25, 0.3) is 0 Å². The van der Waals surface area contributed by atoms with Crippen LogP contribution in [0.4, 0.5) is 0 Å². The zero-order chi connectivity index (χ0) is 10.1. The fourth-order valence-corrected chi connectivity index (χ4v) is 0.848. The molecule has 0 aliphatic carbocycles. The molecule has 0 saturated carbocycles. The molecule has 0 rings (SSSR count). The van der Waals surface area contributed by atoms with E-state index < -0.39 is 12.0 Å². The molecule has 5 nitrogen and oxygen atoms in total. The molecule has 13 heavy (non-hydrogen) atoms. The van der Waals surface area contributed by atoms with Gasteiger partial charge < -0.3 is 20.9 Å². The third-order valence-electron chi connectivity index (χ3n) is 1.65. The summed E-state index contributed by atoms with van der Waals surface area (Å²) in [5.41, 5.74) is 5.29. The number of nitrogens with one attached hydrogen (secondary N) is 1. The van der Waals surface area contributed by atoms with Crippen molar-refractivity contribution < 1.29 is 14.6 Å². The number of ether oxygens (including phenoxy) is 1. The van der Waals surface area contributed by atoms with E-state index in [9.17, 15) is 4.79 Å². The molecule has 1 unspecified atom stereocenters. The topological polar surface area (TPSA) is 84.6 Å². The summed E-state index contributed by atoms with van der Waals surface area (Å²) in [6, 6.07) is -0.755. The van der Waals surface area contributed by atoms with Crippen LogP contribution in [0.15, 0.2) is 0 Å². The number of carboxylic acids is 1. The Balaban J connectivity index is 3.11. The molecule has 5 heteroatoms. The van der Waals surface area contributed by atoms with Gasteiger partial charge in [0.15, 0.2) is 0 Å². The summed E-state index contributed by atoms with van der Waals surface area (Å²) in [4.78, 5) is 10.3. The average molecular weight is 190 g/mol. The second-order valence-corrected chi connectivity index (χ2v) is 2.83. The zero-order valence-electron chi connectivity index (χ0n) is 7.95. The van der Waals surface area contributed by atoms with E-state index in [1.165, 1.54) is 0 Å². The largest absolute Gasteiger partial charge is 0.480 e. The lowest BCUT2D eigenvalue weighted by Crippen LogP contribution is -2.34. The van der Waals surface area contributed by atoms with Crippen LogP contribution in [0.5, 0.6) is 0 Å². The van der Waals surface area contributed by atoms with Gasteiger partial charge in [-0.15, -0.1) is 0 Å². The molecule has 0 aliphatic rings. The Morgan fingerprint density at radius 3 is 2.85 bits per heavy atom. The third kappa shape index (κ3) is 7.70. The number of rotatable bonds is 8. The highest BCUT2D eigenvalue weighted by Crippen LogP contribution is 1.86. The lowest BCUT2D eigenvalue weighted by molar-refractivity contribution is -0.138. The number of aliphatic carboxylic acids is 1. The van der Waals surface area contributed by atoms with Crippen LogP contribution in [-0.2, 0) is 9.53 Å². The Morgan fingerprint density at radius 1 is 1.62 bits per heavy atom. The number of carbonyl (C=O) groups is 1. The maximum atomic E-state index is 10.3. The number of hydrogen-bond acceptors (Lipinski definition) is 4. The monoisotopic (exact) mass is 190 g/mol. The average Bonchev–Trinajstić information content (AvgIpc) is 2.10. The highest BCUT2D eigenvalue weighted by Gasteiger charge is 2.09. The SMILES string of the molecule is COCCCNCCC(N)C(=O)O. The van der Waals surface area contributed by atoms with Crippen LogP contribution in [0.2, 0.25) is 0 Å². The molecule has 0 spiro atoms. The minimum absolute atomic E-state index is 0.461. The summed E-state index contributed by atoms with van der Waals surface area (Å²) in [6.45, 7) is 2.19. The van der Waals surface area contributed by atoms with Gasteiger partial charge in [-0.1, -0.05) is 0 Å². The number of hydrogen-bond donors (Lipinski definition) is 3. The van der Waals surface area contributed by atoms with Crippen molar-refractivity contribution in [3.63, 3.8) is 0 Å². The zero-order valence-corrected chi connectivity index (χ0v) is 7.95. The molecule has 0 radical (unpaired) electrons. The summed E-state index contributed by atoms with van der Waals surface area (Å²) in [7, 11) is 1.65. The Hall–Kier alpha value is -0.650. The van der Waals surface area contributed by atoms with Gasteiger partial charge in [-0.3, -0.25) is 4.79 Å². The van der Waals surface area contributed by atoms with Crippen molar-refractivity contribution in [1.29, 1.82) is 0 Å². The van der Waals surface area contributed by atoms with Crippen LogP contribution in [-0.4, -0.2) is 43.9 Å². The van der Waals surface area contributed by atoms with Crippen molar-refractivity contribution in [3.05, 3.63) is 0 Å². The van der Waals surface area contributed by atoms with Crippen LogP contribution in [0.3, 0.4) is 0 Å². The second-order valence-electron chi connectivity index (χ2n) is 2.83. The molecule has 0 aromatic heterocycles. The molecular weight excluding hydrogens is 172 g/mol. The van der Waals surface area contributed by atoms with Gasteiger partial charge in [0, 0.05) is 13.7 Å². The van der Waals surface area contributed by atoms with Crippen molar-refractivity contribution in [2.24, 2.45) is 5.73 Å². The van der Waals surface area contributed by atoms with E-state index in [0.717, 1.165) is 19.6 Å². The highest BCUT2D eigenvalue weighted by atomic mass is 16.5. The first-order valence-electron chi connectivity index (χ1n) is 4.36. The third-order valence-corrected chi connectivity index (χ3v) is 1.65. The maximum Gasteiger partial charge on any atom is 0.320 e. The molecule has 4 N–H and O–H groups in total. The molecule has 0 amide bonds. The van der Waals surface area contributed by atoms with E-state index in [0.29, 0.717) is 13.0 Å². The lowest BCUT2D eigenvalue weighted by Gasteiger charge is -2.07. The fraction of sp³-hybridized carbons (Fsp3) is 0.875. The first kappa shape index (κ1) is 12.3. The fourth-order valence-electron chi connectivity index (χ4n) is 0.848. The van der Waals surface area contributed by atoms with E-state index in [1.54, 1.807) is 7.11 Å². The molecule has 0 saturated heterocycles. The number of nitrogens with two attached hydrogens (primary N) is 1. The number of carboxylic acid groups (broad SMARTS) is 1. The Bertz CT molecular complexity index is 141. The van der Waals surface area contributed by atoms with E-state index >= 15 is 0 Å². The minimum atomic E-state index is -0.946. The Kier molecular flexibility index (Phi) is 7.57. The van der Waals surface area contributed by atoms with Gasteiger partial charge in [0.25, 0.3) is 0 Å². The van der Waals surface area contributed by atoms with Crippen molar-refractivity contribution in [2.75, 3.05) is 26.8 Å². The first-order valence-corrected chi connectivity index (χ1v) is 4.36. The normalized spacial score (nSPS) is 12.8. The van der Waals surface area contributed by atoms with Crippen LogP contribution in [0, 0.1) is 0 Å². The molecule has 0 aromatic carbocycles. The quantitative estimate of drug-likeness (QED) is 0.446. The van der Waals surface area contributed by atoms with E-state index in [2.05, 4.69) is 5.32 Å². The minimum Gasteiger partial charge on any atom is -0.480 e. The number of methoxy groups -OCH3 is 1. The van der Waals surface area contributed by atoms with E-state index in [1.807, 2.05) is 0 Å². The van der Waals surface area contributed by atoms with E-state index in [-0.39, 0.29) is 0 Å². The smallest absolute Gasteiger partial charge is 0.320 e. The molecule has 1 atom stereocenters. The lowest BCUT2D eigenvalue weighted by atomic mass is 10.2.